The summed E-state index contributed by atoms with van der Waals surface area (Å²) in [4.78, 5) is 34.8. The molecule has 4 aromatic rings. The number of aryl methyl sites for hydroxylation is 1. The van der Waals surface area contributed by atoms with Crippen molar-refractivity contribution in [1.29, 1.82) is 0 Å². The molecule has 1 fully saturated rings. The van der Waals surface area contributed by atoms with E-state index in [4.69, 9.17) is 5.73 Å². The molecule has 3 aromatic carbocycles. The zero-order chi connectivity index (χ0) is 28.4. The van der Waals surface area contributed by atoms with Crippen molar-refractivity contribution in [2.75, 3.05) is 21.7 Å². The monoisotopic (exact) mass is 567 g/mol. The third kappa shape index (κ3) is 6.07. The number of urea groups is 1. The van der Waals surface area contributed by atoms with Crippen molar-refractivity contribution in [3.05, 3.63) is 78.6 Å². The molecule has 1 aromatic heterocycles. The molecule has 2 heterocycles. The fraction of sp³-hybridized carbons (Fsp3) is 0.115. The average molecular weight is 568 g/mol. The minimum Gasteiger partial charge on any atom is -0.406 e. The quantitative estimate of drug-likeness (QED) is 0.310. The molecule has 1 saturated heterocycles. The van der Waals surface area contributed by atoms with E-state index in [0.29, 0.717) is 34.1 Å². The molecule has 204 valence electrons. The number of amidine groups is 1. The molecular weight excluding hydrogens is 547 g/mol. The third-order valence-electron chi connectivity index (χ3n) is 5.61. The summed E-state index contributed by atoms with van der Waals surface area (Å²) in [7, 11) is 0. The number of hydrogen-bond donors (Lipinski definition) is 2. The Morgan fingerprint density at radius 2 is 1.82 bits per heavy atom. The number of aromatic nitrogens is 3. The number of thioether (sulfide) groups is 1. The highest BCUT2D eigenvalue weighted by molar-refractivity contribution is 8.15. The molecule has 0 radical (unpaired) electrons. The van der Waals surface area contributed by atoms with Crippen LogP contribution in [0.2, 0.25) is 0 Å². The summed E-state index contributed by atoms with van der Waals surface area (Å²) in [6.07, 6.45) is -3.35. The van der Waals surface area contributed by atoms with Gasteiger partial charge in [0.25, 0.3) is 0 Å². The Labute approximate surface area is 229 Å². The number of nitrogens with one attached hydrogen (secondary N) is 1. The highest BCUT2D eigenvalue weighted by atomic mass is 32.2. The normalized spacial score (nSPS) is 14.6. The Morgan fingerprint density at radius 3 is 2.52 bits per heavy atom. The lowest BCUT2D eigenvalue weighted by Crippen LogP contribution is -2.31. The molecule has 0 spiro atoms. The van der Waals surface area contributed by atoms with Gasteiger partial charge in [-0.2, -0.15) is 4.99 Å². The van der Waals surface area contributed by atoms with E-state index in [1.165, 1.54) is 40.2 Å². The Bertz CT molecular complexity index is 1600. The standard InChI is InChI=1S/C26H20F3N7O3S/c1-15-2-11-20(30)21(12-15)36-22(37)13-40-25(36)33-24(38)32-17-5-3-16(4-6-17)23-31-14-35(34-23)18-7-9-19(10-8-18)39-26(27,28)29/h2-12,14H,13,30H2,1H3,(H,32,38)/b33-25-. The summed E-state index contributed by atoms with van der Waals surface area (Å²) in [5.74, 6) is -0.0690. The van der Waals surface area contributed by atoms with Gasteiger partial charge in [0.05, 0.1) is 22.8 Å². The highest BCUT2D eigenvalue weighted by Gasteiger charge is 2.32. The first-order valence-corrected chi connectivity index (χ1v) is 12.6. The number of anilines is 3. The van der Waals surface area contributed by atoms with Crippen molar-refractivity contribution in [1.82, 2.24) is 14.8 Å². The number of nitrogen functional groups attached to an aromatic ring is 1. The molecule has 40 heavy (non-hydrogen) atoms. The molecule has 14 heteroatoms. The van der Waals surface area contributed by atoms with Gasteiger partial charge in [-0.15, -0.1) is 18.3 Å². The number of halogens is 3. The molecule has 10 nitrogen and oxygen atoms in total. The van der Waals surface area contributed by atoms with E-state index in [0.717, 1.165) is 17.3 Å². The van der Waals surface area contributed by atoms with Gasteiger partial charge >= 0.3 is 12.4 Å². The van der Waals surface area contributed by atoms with Gasteiger partial charge in [-0.1, -0.05) is 17.8 Å². The fourth-order valence-corrected chi connectivity index (χ4v) is 4.65. The minimum absolute atomic E-state index is 0.138. The topological polar surface area (TPSA) is 128 Å². The molecule has 0 saturated carbocycles. The van der Waals surface area contributed by atoms with E-state index in [-0.39, 0.29) is 22.6 Å². The lowest BCUT2D eigenvalue weighted by molar-refractivity contribution is -0.274. The van der Waals surface area contributed by atoms with E-state index < -0.39 is 12.4 Å². The maximum absolute atomic E-state index is 12.6. The average Bonchev–Trinajstić information content (AvgIpc) is 3.53. The van der Waals surface area contributed by atoms with Crippen LogP contribution in [-0.4, -0.2) is 44.0 Å². The van der Waals surface area contributed by atoms with E-state index in [9.17, 15) is 22.8 Å². The number of alkyl halides is 3. The van der Waals surface area contributed by atoms with Crippen LogP contribution in [0.1, 0.15) is 5.56 Å². The number of nitrogens with zero attached hydrogens (tertiary/aromatic N) is 5. The molecule has 0 unspecified atom stereocenters. The van der Waals surface area contributed by atoms with Gasteiger partial charge < -0.3 is 15.8 Å². The Balaban J connectivity index is 1.26. The first-order valence-electron chi connectivity index (χ1n) is 11.7. The van der Waals surface area contributed by atoms with Crippen molar-refractivity contribution < 1.29 is 27.5 Å². The molecule has 0 atom stereocenters. The molecule has 1 aliphatic heterocycles. The van der Waals surface area contributed by atoms with Crippen LogP contribution >= 0.6 is 11.8 Å². The smallest absolute Gasteiger partial charge is 0.406 e. The maximum atomic E-state index is 12.6. The number of carbonyl (C=O) groups is 2. The number of benzene rings is 3. The number of ether oxygens (including phenoxy) is 1. The van der Waals surface area contributed by atoms with Crippen molar-refractivity contribution >= 4 is 45.9 Å². The SMILES string of the molecule is Cc1ccc(N)c(N2C(=O)CS/C2=N\C(=O)Nc2ccc(-c3ncn(-c4ccc(OC(F)(F)F)cc4)n3)cc2)c1. The predicted octanol–water partition coefficient (Wildman–Crippen LogP) is 5.39. The van der Waals surface area contributed by atoms with Crippen LogP contribution in [0.25, 0.3) is 17.1 Å². The van der Waals surface area contributed by atoms with Crippen LogP contribution in [0.4, 0.5) is 35.0 Å². The van der Waals surface area contributed by atoms with Crippen molar-refractivity contribution in [2.45, 2.75) is 13.3 Å². The Morgan fingerprint density at radius 1 is 1.10 bits per heavy atom. The summed E-state index contributed by atoms with van der Waals surface area (Å²) in [5, 5.41) is 7.25. The van der Waals surface area contributed by atoms with Crippen LogP contribution in [0, 0.1) is 6.92 Å². The van der Waals surface area contributed by atoms with Gasteiger partial charge in [-0.3, -0.25) is 9.69 Å². The van der Waals surface area contributed by atoms with E-state index >= 15 is 0 Å². The minimum atomic E-state index is -4.77. The zero-order valence-corrected chi connectivity index (χ0v) is 21.5. The predicted molar refractivity (Wildman–Crippen MR) is 145 cm³/mol. The third-order valence-corrected chi connectivity index (χ3v) is 6.53. The van der Waals surface area contributed by atoms with E-state index in [2.05, 4.69) is 25.1 Å². The van der Waals surface area contributed by atoms with Crippen LogP contribution < -0.4 is 20.7 Å². The number of aliphatic imine (C=N–C) groups is 1. The molecule has 0 bridgehead atoms. The maximum Gasteiger partial charge on any atom is 0.573 e. The van der Waals surface area contributed by atoms with Crippen LogP contribution in [-0.2, 0) is 4.79 Å². The number of hydrogen-bond acceptors (Lipinski definition) is 7. The summed E-state index contributed by atoms with van der Waals surface area (Å²) in [6.45, 7) is 1.87. The lowest BCUT2D eigenvalue weighted by Gasteiger charge is -2.18. The van der Waals surface area contributed by atoms with Gasteiger partial charge in [0, 0.05) is 11.3 Å². The summed E-state index contributed by atoms with van der Waals surface area (Å²) < 4.78 is 42.4. The molecule has 3 amide bonds. The second-order valence-corrected chi connectivity index (χ2v) is 9.48. The number of rotatable bonds is 5. The van der Waals surface area contributed by atoms with Gasteiger partial charge in [0.2, 0.25) is 5.91 Å². The molecule has 1 aliphatic rings. The molecule has 0 aliphatic carbocycles. The van der Waals surface area contributed by atoms with E-state index in [1.54, 1.807) is 36.4 Å². The van der Waals surface area contributed by atoms with Crippen LogP contribution in [0.3, 0.4) is 0 Å². The second kappa shape index (κ2) is 10.7. The van der Waals surface area contributed by atoms with Crippen LogP contribution in [0.15, 0.2) is 78.0 Å². The molecule has 5 rings (SSSR count). The number of carbonyl (C=O) groups excluding carboxylic acids is 2. The zero-order valence-electron chi connectivity index (χ0n) is 20.7. The van der Waals surface area contributed by atoms with Gasteiger partial charge in [-0.25, -0.2) is 14.5 Å². The van der Waals surface area contributed by atoms with Crippen molar-refractivity contribution in [3.63, 3.8) is 0 Å². The Kier molecular flexibility index (Phi) is 7.17. The van der Waals surface area contributed by atoms with Crippen LogP contribution in [0.5, 0.6) is 5.75 Å². The number of nitrogens with two attached hydrogens (primary N) is 1. The largest absolute Gasteiger partial charge is 0.573 e. The van der Waals surface area contributed by atoms with Gasteiger partial charge in [0.15, 0.2) is 11.0 Å². The van der Waals surface area contributed by atoms with Crippen molar-refractivity contribution in [2.24, 2.45) is 4.99 Å². The van der Waals surface area contributed by atoms with Crippen molar-refractivity contribution in [3.8, 4) is 22.8 Å². The molecule has 3 N–H and O–H groups in total. The molecular formula is C26H20F3N7O3S. The summed E-state index contributed by atoms with van der Waals surface area (Å²) in [6, 6.07) is 16.5. The summed E-state index contributed by atoms with van der Waals surface area (Å²) in [5.41, 5.74) is 9.41. The lowest BCUT2D eigenvalue weighted by atomic mass is 10.2. The fourth-order valence-electron chi connectivity index (χ4n) is 3.79. The first-order chi connectivity index (χ1) is 19.1. The first kappa shape index (κ1) is 26.7. The second-order valence-electron chi connectivity index (χ2n) is 8.54. The number of amides is 3. The Hall–Kier alpha value is -4.85. The van der Waals surface area contributed by atoms with Gasteiger partial charge in [0.1, 0.15) is 12.1 Å². The summed E-state index contributed by atoms with van der Waals surface area (Å²) >= 11 is 1.14. The van der Waals surface area contributed by atoms with Gasteiger partial charge in [-0.05, 0) is 73.2 Å². The van der Waals surface area contributed by atoms with E-state index in [1.807, 2.05) is 13.0 Å². The highest BCUT2D eigenvalue weighted by Crippen LogP contribution is 2.32.